The lowest BCUT2D eigenvalue weighted by Gasteiger charge is -2.17. The van der Waals surface area contributed by atoms with Crippen LogP contribution in [0.2, 0.25) is 0 Å². The number of nitrogens with one attached hydrogen (secondary N) is 1. The van der Waals surface area contributed by atoms with Crippen LogP contribution in [-0.4, -0.2) is 55.0 Å². The van der Waals surface area contributed by atoms with Gasteiger partial charge in [-0.2, -0.15) is 5.10 Å². The Balaban J connectivity index is 1.32. The quantitative estimate of drug-likeness (QED) is 0.529. The summed E-state index contributed by atoms with van der Waals surface area (Å²) in [5.74, 6) is 0.972. The normalized spacial score (nSPS) is 19.0. The number of benzene rings is 1. The van der Waals surface area contributed by atoms with Gasteiger partial charge in [0.25, 0.3) is 0 Å². The van der Waals surface area contributed by atoms with Gasteiger partial charge in [0.2, 0.25) is 5.95 Å². The molecule has 8 heteroatoms. The van der Waals surface area contributed by atoms with Crippen molar-refractivity contribution in [2.75, 3.05) is 18.0 Å². The molecule has 1 aliphatic heterocycles. The summed E-state index contributed by atoms with van der Waals surface area (Å²) in [5.41, 5.74) is 4.48. The molecule has 1 atom stereocenters. The summed E-state index contributed by atoms with van der Waals surface area (Å²) in [7, 11) is 1.88. The number of anilines is 1. The molecule has 4 aromatic rings. The number of aryl methyl sites for hydroxylation is 2. The van der Waals surface area contributed by atoms with Crippen LogP contribution in [0.4, 0.5) is 5.95 Å². The SMILES string of the molecule is Cc1c(O)c(-c2ccc3nc(N4CC[C@@H](NC5CC5)C4)ncc3n2)cc2cn(C)nc12. The van der Waals surface area contributed by atoms with Crippen molar-refractivity contribution in [3.05, 3.63) is 36.2 Å². The second-order valence-electron chi connectivity index (χ2n) is 8.78. The fraction of sp³-hybridized carbons (Fsp3) is 0.391. The summed E-state index contributed by atoms with van der Waals surface area (Å²) in [4.78, 5) is 16.4. The Labute approximate surface area is 179 Å². The molecule has 1 aromatic carbocycles. The molecule has 6 rings (SSSR count). The molecule has 1 saturated heterocycles. The Hall–Kier alpha value is -3.26. The third-order valence-electron chi connectivity index (χ3n) is 6.34. The van der Waals surface area contributed by atoms with Crippen molar-refractivity contribution >= 4 is 27.9 Å². The topological polar surface area (TPSA) is 92.0 Å². The monoisotopic (exact) mass is 415 g/mol. The average Bonchev–Trinajstić information content (AvgIpc) is 3.32. The summed E-state index contributed by atoms with van der Waals surface area (Å²) in [6, 6.07) is 7.06. The average molecular weight is 416 g/mol. The van der Waals surface area contributed by atoms with Crippen molar-refractivity contribution in [2.45, 2.75) is 38.3 Å². The molecule has 3 aromatic heterocycles. The first-order valence-corrected chi connectivity index (χ1v) is 10.9. The maximum atomic E-state index is 10.8. The van der Waals surface area contributed by atoms with Crippen LogP contribution in [0.5, 0.6) is 5.75 Å². The van der Waals surface area contributed by atoms with E-state index in [1.54, 1.807) is 10.9 Å². The number of aromatic hydroxyl groups is 1. The van der Waals surface area contributed by atoms with Gasteiger partial charge in [-0.15, -0.1) is 0 Å². The molecule has 0 amide bonds. The first-order valence-electron chi connectivity index (χ1n) is 10.9. The van der Waals surface area contributed by atoms with Crippen LogP contribution in [0, 0.1) is 6.92 Å². The summed E-state index contributed by atoms with van der Waals surface area (Å²) < 4.78 is 1.76. The van der Waals surface area contributed by atoms with Gasteiger partial charge < -0.3 is 15.3 Å². The van der Waals surface area contributed by atoms with E-state index in [0.717, 1.165) is 59.0 Å². The molecule has 158 valence electrons. The van der Waals surface area contributed by atoms with Crippen molar-refractivity contribution in [2.24, 2.45) is 7.05 Å². The maximum absolute atomic E-state index is 10.8. The molecule has 2 fully saturated rings. The minimum Gasteiger partial charge on any atom is -0.507 e. The molecular weight excluding hydrogens is 390 g/mol. The van der Waals surface area contributed by atoms with Crippen molar-refractivity contribution in [3.8, 4) is 17.0 Å². The fourth-order valence-corrected chi connectivity index (χ4v) is 4.51. The Morgan fingerprint density at radius 2 is 1.97 bits per heavy atom. The summed E-state index contributed by atoms with van der Waals surface area (Å²) in [5, 5.41) is 19.9. The molecular formula is C23H25N7O. The molecule has 0 spiro atoms. The number of nitrogens with zero attached hydrogens (tertiary/aromatic N) is 6. The van der Waals surface area contributed by atoms with Gasteiger partial charge in [-0.3, -0.25) is 4.68 Å². The zero-order valence-corrected chi connectivity index (χ0v) is 17.7. The van der Waals surface area contributed by atoms with Crippen LogP contribution in [0.1, 0.15) is 24.8 Å². The van der Waals surface area contributed by atoms with E-state index in [0.29, 0.717) is 17.3 Å². The predicted octanol–water partition coefficient (Wildman–Crippen LogP) is 2.92. The minimum atomic E-state index is 0.210. The van der Waals surface area contributed by atoms with Crippen LogP contribution >= 0.6 is 0 Å². The number of rotatable bonds is 4. The van der Waals surface area contributed by atoms with Crippen LogP contribution in [0.3, 0.4) is 0 Å². The van der Waals surface area contributed by atoms with Gasteiger partial charge in [0.15, 0.2) is 0 Å². The third-order valence-corrected chi connectivity index (χ3v) is 6.34. The highest BCUT2D eigenvalue weighted by Crippen LogP contribution is 2.36. The molecule has 1 saturated carbocycles. The smallest absolute Gasteiger partial charge is 0.226 e. The molecule has 4 heterocycles. The Morgan fingerprint density at radius 1 is 1.10 bits per heavy atom. The van der Waals surface area contributed by atoms with Gasteiger partial charge in [0.1, 0.15) is 11.3 Å². The predicted molar refractivity (Wildman–Crippen MR) is 120 cm³/mol. The van der Waals surface area contributed by atoms with Crippen LogP contribution < -0.4 is 10.2 Å². The van der Waals surface area contributed by atoms with Gasteiger partial charge in [0.05, 0.1) is 22.9 Å². The fourth-order valence-electron chi connectivity index (χ4n) is 4.51. The van der Waals surface area contributed by atoms with Crippen LogP contribution in [-0.2, 0) is 7.05 Å². The van der Waals surface area contributed by atoms with E-state index < -0.39 is 0 Å². The Kier molecular flexibility index (Phi) is 4.11. The van der Waals surface area contributed by atoms with Gasteiger partial charge in [-0.1, -0.05) is 0 Å². The minimum absolute atomic E-state index is 0.210. The van der Waals surface area contributed by atoms with Crippen LogP contribution in [0.25, 0.3) is 33.2 Å². The largest absolute Gasteiger partial charge is 0.507 e. The molecule has 1 aliphatic carbocycles. The second-order valence-corrected chi connectivity index (χ2v) is 8.78. The molecule has 0 bridgehead atoms. The summed E-state index contributed by atoms with van der Waals surface area (Å²) in [6.45, 7) is 3.80. The van der Waals surface area contributed by atoms with E-state index in [2.05, 4.69) is 20.3 Å². The van der Waals surface area contributed by atoms with Crippen molar-refractivity contribution in [1.29, 1.82) is 0 Å². The number of pyridine rings is 1. The third kappa shape index (κ3) is 3.27. The van der Waals surface area contributed by atoms with E-state index in [1.807, 2.05) is 38.4 Å². The molecule has 31 heavy (non-hydrogen) atoms. The number of aromatic nitrogens is 5. The first-order chi connectivity index (χ1) is 15.0. The Bertz CT molecular complexity index is 1310. The van der Waals surface area contributed by atoms with Crippen molar-refractivity contribution in [1.82, 2.24) is 30.0 Å². The second kappa shape index (κ2) is 6.88. The van der Waals surface area contributed by atoms with E-state index >= 15 is 0 Å². The highest BCUT2D eigenvalue weighted by Gasteiger charge is 2.30. The zero-order chi connectivity index (χ0) is 21.1. The summed E-state index contributed by atoms with van der Waals surface area (Å²) >= 11 is 0. The molecule has 2 N–H and O–H groups in total. The van der Waals surface area contributed by atoms with Crippen molar-refractivity contribution in [3.63, 3.8) is 0 Å². The number of fused-ring (bicyclic) bond motifs is 2. The zero-order valence-electron chi connectivity index (χ0n) is 17.7. The number of phenolic OH excluding ortho intramolecular Hbond substituents is 1. The lowest BCUT2D eigenvalue weighted by Crippen LogP contribution is -2.34. The molecule has 0 unspecified atom stereocenters. The first kappa shape index (κ1) is 18.5. The van der Waals surface area contributed by atoms with Gasteiger partial charge in [0, 0.05) is 54.9 Å². The van der Waals surface area contributed by atoms with Crippen molar-refractivity contribution < 1.29 is 5.11 Å². The number of hydrogen-bond donors (Lipinski definition) is 2. The summed E-state index contributed by atoms with van der Waals surface area (Å²) in [6.07, 6.45) is 7.47. The lowest BCUT2D eigenvalue weighted by atomic mass is 10.0. The number of hydrogen-bond acceptors (Lipinski definition) is 7. The Morgan fingerprint density at radius 3 is 2.81 bits per heavy atom. The highest BCUT2D eigenvalue weighted by molar-refractivity contribution is 5.91. The van der Waals surface area contributed by atoms with Crippen LogP contribution in [0.15, 0.2) is 30.6 Å². The number of phenols is 1. The highest BCUT2D eigenvalue weighted by atomic mass is 16.3. The van der Waals surface area contributed by atoms with E-state index in [4.69, 9.17) is 9.97 Å². The molecule has 2 aliphatic rings. The maximum Gasteiger partial charge on any atom is 0.226 e. The van der Waals surface area contributed by atoms with E-state index in [9.17, 15) is 5.11 Å². The molecule has 0 radical (unpaired) electrons. The molecule has 8 nitrogen and oxygen atoms in total. The van der Waals surface area contributed by atoms with E-state index in [-0.39, 0.29) is 5.75 Å². The lowest BCUT2D eigenvalue weighted by molar-refractivity contribution is 0.474. The van der Waals surface area contributed by atoms with Gasteiger partial charge in [-0.25, -0.2) is 15.0 Å². The van der Waals surface area contributed by atoms with Gasteiger partial charge >= 0.3 is 0 Å². The standard InChI is InChI=1S/C23H25N7O/c1-13-21-14(11-29(2)28-21)9-17(22(13)31)18-5-6-19-20(26-18)10-24-23(27-19)30-8-7-16(12-30)25-15-3-4-15/h5-6,9-11,15-16,25,31H,3-4,7-8,12H2,1-2H3/t16-/m1/s1. The van der Waals surface area contributed by atoms with Gasteiger partial charge in [-0.05, 0) is 44.4 Å². The van der Waals surface area contributed by atoms with E-state index in [1.165, 1.54) is 12.8 Å².